The zero-order valence-corrected chi connectivity index (χ0v) is 15.0. The number of aliphatic hydroxyl groups is 1. The van der Waals surface area contributed by atoms with E-state index in [1.807, 2.05) is 48.5 Å². The summed E-state index contributed by atoms with van der Waals surface area (Å²) in [6.45, 7) is 0. The van der Waals surface area contributed by atoms with Crippen LogP contribution in [-0.4, -0.2) is 16.9 Å². The van der Waals surface area contributed by atoms with Crippen LogP contribution in [0.1, 0.15) is 5.56 Å². The summed E-state index contributed by atoms with van der Waals surface area (Å²) in [7, 11) is 0. The number of carbonyl (C=O) groups is 2. The first-order chi connectivity index (χ1) is 13.6. The number of rotatable bonds is 6. The summed E-state index contributed by atoms with van der Waals surface area (Å²) >= 11 is 0. The number of carbonyl (C=O) groups excluding carboxylic acids is 2. The summed E-state index contributed by atoms with van der Waals surface area (Å²) in [5.74, 6) is -1.51. The Balaban J connectivity index is 1.69. The summed E-state index contributed by atoms with van der Waals surface area (Å²) in [5, 5.41) is 9.95. The molecule has 138 valence electrons. The minimum Gasteiger partial charge on any atom is -0.507 e. The molecule has 0 aromatic heterocycles. The molecule has 4 heteroatoms. The van der Waals surface area contributed by atoms with Gasteiger partial charge in [0.05, 0.1) is 0 Å². The Hall–Kier alpha value is -3.92. The Kier molecular flexibility index (Phi) is 6.16. The Morgan fingerprint density at radius 1 is 0.786 bits per heavy atom. The van der Waals surface area contributed by atoms with Crippen LogP contribution in [0.3, 0.4) is 0 Å². The largest absolute Gasteiger partial charge is 0.507 e. The van der Waals surface area contributed by atoms with Crippen molar-refractivity contribution in [3.63, 3.8) is 0 Å². The van der Waals surface area contributed by atoms with E-state index in [4.69, 9.17) is 4.74 Å². The van der Waals surface area contributed by atoms with E-state index < -0.39 is 11.8 Å². The standard InChI is InChI=1S/C24H18O4/c25-21(19-12-5-2-6-13-19)15-9-16-22(26)24(27)28-23-17-8-7-14-20(23)18-10-3-1-4-11-18/h1-17,25H/b16-9+,21-15-. The highest BCUT2D eigenvalue weighted by Crippen LogP contribution is 2.29. The molecule has 0 amide bonds. The van der Waals surface area contributed by atoms with E-state index >= 15 is 0 Å². The fourth-order valence-electron chi connectivity index (χ4n) is 2.56. The van der Waals surface area contributed by atoms with E-state index in [1.165, 1.54) is 12.2 Å². The molecule has 0 bridgehead atoms. The number of esters is 1. The molecule has 0 saturated carbocycles. The van der Waals surface area contributed by atoms with Gasteiger partial charge >= 0.3 is 5.97 Å². The van der Waals surface area contributed by atoms with Crippen LogP contribution >= 0.6 is 0 Å². The van der Waals surface area contributed by atoms with Gasteiger partial charge in [0.1, 0.15) is 11.5 Å². The second kappa shape index (κ2) is 9.14. The SMILES string of the molecule is O=C(/C=C/C=C(\O)c1ccccc1)C(=O)Oc1ccccc1-c1ccccc1. The van der Waals surface area contributed by atoms with Crippen LogP contribution in [0, 0.1) is 0 Å². The molecule has 0 aliphatic heterocycles. The molecular weight excluding hydrogens is 352 g/mol. The van der Waals surface area contributed by atoms with Crippen LogP contribution in [0.2, 0.25) is 0 Å². The van der Waals surface area contributed by atoms with Crippen LogP contribution in [0.5, 0.6) is 5.75 Å². The molecule has 3 aromatic carbocycles. The quantitative estimate of drug-likeness (QED) is 0.166. The monoisotopic (exact) mass is 370 g/mol. The van der Waals surface area contributed by atoms with Gasteiger partial charge in [-0.2, -0.15) is 0 Å². The summed E-state index contributed by atoms with van der Waals surface area (Å²) in [4.78, 5) is 24.2. The highest BCUT2D eigenvalue weighted by atomic mass is 16.5. The number of aliphatic hydroxyl groups excluding tert-OH is 1. The molecule has 1 N–H and O–H groups in total. The Labute approximate surface area is 163 Å². The van der Waals surface area contributed by atoms with Gasteiger partial charge in [0.2, 0.25) is 0 Å². The van der Waals surface area contributed by atoms with E-state index in [0.717, 1.165) is 17.2 Å². The maximum Gasteiger partial charge on any atom is 0.384 e. The molecule has 0 unspecified atom stereocenters. The smallest absolute Gasteiger partial charge is 0.384 e. The number of benzene rings is 3. The summed E-state index contributed by atoms with van der Waals surface area (Å²) in [6, 6.07) is 25.3. The molecule has 4 nitrogen and oxygen atoms in total. The molecule has 0 fully saturated rings. The van der Waals surface area contributed by atoms with Gasteiger partial charge in [0, 0.05) is 11.1 Å². The van der Waals surface area contributed by atoms with Crippen LogP contribution in [-0.2, 0) is 9.59 Å². The third-order valence-corrected chi connectivity index (χ3v) is 3.95. The van der Waals surface area contributed by atoms with Gasteiger partial charge in [-0.3, -0.25) is 4.79 Å². The van der Waals surface area contributed by atoms with Crippen LogP contribution in [0.4, 0.5) is 0 Å². The molecule has 0 radical (unpaired) electrons. The van der Waals surface area contributed by atoms with Gasteiger partial charge in [0.25, 0.3) is 5.78 Å². The number of para-hydroxylation sites is 1. The molecule has 0 spiro atoms. The van der Waals surface area contributed by atoms with Crippen LogP contribution < -0.4 is 4.74 Å². The van der Waals surface area contributed by atoms with Crippen molar-refractivity contribution >= 4 is 17.5 Å². The predicted octanol–water partition coefficient (Wildman–Crippen LogP) is 4.98. The minimum atomic E-state index is -0.993. The zero-order chi connectivity index (χ0) is 19.8. The van der Waals surface area contributed by atoms with Crippen molar-refractivity contribution < 1.29 is 19.4 Å². The third-order valence-electron chi connectivity index (χ3n) is 3.95. The normalized spacial score (nSPS) is 11.4. The first-order valence-electron chi connectivity index (χ1n) is 8.68. The Morgan fingerprint density at radius 2 is 1.39 bits per heavy atom. The second-order valence-electron chi connectivity index (χ2n) is 5.89. The van der Waals surface area contributed by atoms with Crippen molar-refractivity contribution in [2.75, 3.05) is 0 Å². The van der Waals surface area contributed by atoms with E-state index in [0.29, 0.717) is 11.3 Å². The van der Waals surface area contributed by atoms with Gasteiger partial charge in [-0.05, 0) is 23.8 Å². The Bertz CT molecular complexity index is 1020. The fraction of sp³-hybridized carbons (Fsp3) is 0. The number of allylic oxidation sites excluding steroid dienone is 2. The van der Waals surface area contributed by atoms with E-state index in [1.54, 1.807) is 36.4 Å². The average molecular weight is 370 g/mol. The Morgan fingerprint density at radius 3 is 2.11 bits per heavy atom. The van der Waals surface area contributed by atoms with E-state index in [9.17, 15) is 14.7 Å². The number of hydrogen-bond donors (Lipinski definition) is 1. The lowest BCUT2D eigenvalue weighted by Gasteiger charge is -2.09. The lowest BCUT2D eigenvalue weighted by molar-refractivity contribution is -0.144. The molecule has 0 heterocycles. The van der Waals surface area contributed by atoms with Crippen molar-refractivity contribution in [3.05, 3.63) is 109 Å². The molecule has 0 aliphatic carbocycles. The lowest BCUT2D eigenvalue weighted by Crippen LogP contribution is -2.18. The number of ketones is 1. The van der Waals surface area contributed by atoms with Gasteiger partial charge < -0.3 is 9.84 Å². The van der Waals surface area contributed by atoms with Crippen molar-refractivity contribution in [2.45, 2.75) is 0 Å². The number of ether oxygens (including phenoxy) is 1. The predicted molar refractivity (Wildman–Crippen MR) is 109 cm³/mol. The van der Waals surface area contributed by atoms with Gasteiger partial charge in [-0.25, -0.2) is 4.79 Å². The van der Waals surface area contributed by atoms with E-state index in [-0.39, 0.29) is 5.76 Å². The summed E-state index contributed by atoms with van der Waals surface area (Å²) < 4.78 is 5.28. The van der Waals surface area contributed by atoms with Crippen molar-refractivity contribution in [1.82, 2.24) is 0 Å². The van der Waals surface area contributed by atoms with Gasteiger partial charge in [0.15, 0.2) is 0 Å². The second-order valence-corrected chi connectivity index (χ2v) is 5.89. The first kappa shape index (κ1) is 18.9. The molecular formula is C24H18O4. The van der Waals surface area contributed by atoms with Crippen LogP contribution in [0.25, 0.3) is 16.9 Å². The molecule has 28 heavy (non-hydrogen) atoms. The minimum absolute atomic E-state index is 0.00700. The van der Waals surface area contributed by atoms with Crippen molar-refractivity contribution in [3.8, 4) is 16.9 Å². The maximum absolute atomic E-state index is 12.1. The summed E-state index contributed by atoms with van der Waals surface area (Å²) in [6.07, 6.45) is 3.72. The maximum atomic E-state index is 12.1. The lowest BCUT2D eigenvalue weighted by atomic mass is 10.1. The molecule has 3 aromatic rings. The fourth-order valence-corrected chi connectivity index (χ4v) is 2.56. The highest BCUT2D eigenvalue weighted by molar-refractivity contribution is 6.39. The van der Waals surface area contributed by atoms with Crippen molar-refractivity contribution in [1.29, 1.82) is 0 Å². The number of hydrogen-bond acceptors (Lipinski definition) is 4. The van der Waals surface area contributed by atoms with Gasteiger partial charge in [-0.1, -0.05) is 84.9 Å². The van der Waals surface area contributed by atoms with E-state index in [2.05, 4.69) is 0 Å². The van der Waals surface area contributed by atoms with Crippen molar-refractivity contribution in [2.24, 2.45) is 0 Å². The molecule has 3 rings (SSSR count). The molecule has 0 atom stereocenters. The molecule has 0 aliphatic rings. The average Bonchev–Trinajstić information content (AvgIpc) is 2.75. The van der Waals surface area contributed by atoms with Gasteiger partial charge in [-0.15, -0.1) is 0 Å². The van der Waals surface area contributed by atoms with Crippen LogP contribution in [0.15, 0.2) is 103 Å². The zero-order valence-electron chi connectivity index (χ0n) is 15.0. The third kappa shape index (κ3) is 4.83. The topological polar surface area (TPSA) is 63.6 Å². The summed E-state index contributed by atoms with van der Waals surface area (Å²) in [5.41, 5.74) is 2.21. The molecule has 0 saturated heterocycles. The first-order valence-corrected chi connectivity index (χ1v) is 8.68. The highest BCUT2D eigenvalue weighted by Gasteiger charge is 2.15.